The second-order valence-electron chi connectivity index (χ2n) is 5.49. The van der Waals surface area contributed by atoms with E-state index in [0.717, 1.165) is 24.3 Å². The van der Waals surface area contributed by atoms with Gasteiger partial charge < -0.3 is 5.32 Å². The van der Waals surface area contributed by atoms with Crippen LogP contribution < -0.4 is 5.32 Å². The second kappa shape index (κ2) is 6.53. The van der Waals surface area contributed by atoms with E-state index in [1.807, 2.05) is 6.92 Å². The molecule has 1 N–H and O–H groups in total. The maximum Gasteiger partial charge on any atom is 0.0705 e. The number of hydrogen-bond donors (Lipinski definition) is 1. The average molecular weight is 292 g/mol. The first-order valence-electron chi connectivity index (χ1n) is 7.00. The first-order valence-corrected chi connectivity index (χ1v) is 7.00. The molecule has 0 saturated carbocycles. The summed E-state index contributed by atoms with van der Waals surface area (Å²) in [7, 11) is 2.05. The molecule has 2 heterocycles. The number of rotatable bonds is 3. The van der Waals surface area contributed by atoms with Crippen molar-refractivity contribution in [2.45, 2.75) is 25.9 Å². The van der Waals surface area contributed by atoms with Gasteiger partial charge in [0, 0.05) is 36.8 Å². The molecule has 1 aliphatic rings. The number of nitrogens with one attached hydrogen (secondary N) is 1. The van der Waals surface area contributed by atoms with Gasteiger partial charge in [0.2, 0.25) is 0 Å². The molecule has 20 heavy (non-hydrogen) atoms. The van der Waals surface area contributed by atoms with Crippen LogP contribution in [0.4, 0.5) is 0 Å². The summed E-state index contributed by atoms with van der Waals surface area (Å²) in [6, 6.07) is 11.5. The quantitative estimate of drug-likeness (QED) is 0.942. The van der Waals surface area contributed by atoms with Gasteiger partial charge >= 0.3 is 0 Å². The molecular formula is C16H22ClN3. The van der Waals surface area contributed by atoms with Gasteiger partial charge in [-0.1, -0.05) is 12.1 Å². The fourth-order valence-electron chi connectivity index (χ4n) is 2.85. The zero-order chi connectivity index (χ0) is 13.2. The van der Waals surface area contributed by atoms with Gasteiger partial charge in [-0.25, -0.2) is 0 Å². The molecule has 0 amide bonds. The Kier molecular flexibility index (Phi) is 4.97. The van der Waals surface area contributed by atoms with E-state index < -0.39 is 0 Å². The first-order chi connectivity index (χ1) is 9.24. The molecule has 1 aromatic carbocycles. The molecule has 3 nitrogen and oxygen atoms in total. The lowest BCUT2D eigenvalue weighted by molar-refractivity contribution is 0.322. The molecule has 3 rings (SSSR count). The molecule has 108 valence electrons. The van der Waals surface area contributed by atoms with Crippen molar-refractivity contribution in [3.63, 3.8) is 0 Å². The third kappa shape index (κ3) is 3.29. The van der Waals surface area contributed by atoms with Crippen LogP contribution in [0.1, 0.15) is 17.7 Å². The highest BCUT2D eigenvalue weighted by Crippen LogP contribution is 2.18. The molecular weight excluding hydrogens is 270 g/mol. The highest BCUT2D eigenvalue weighted by atomic mass is 35.5. The van der Waals surface area contributed by atoms with Gasteiger partial charge in [0.1, 0.15) is 0 Å². The maximum absolute atomic E-state index is 4.55. The third-order valence-corrected chi connectivity index (χ3v) is 3.98. The van der Waals surface area contributed by atoms with Crippen molar-refractivity contribution in [3.05, 3.63) is 41.6 Å². The minimum absolute atomic E-state index is 0. The number of likely N-dealkylation sites (tertiary alicyclic amines) is 1. The molecule has 4 heteroatoms. The number of benzene rings is 1. The third-order valence-electron chi connectivity index (χ3n) is 3.98. The summed E-state index contributed by atoms with van der Waals surface area (Å²) in [6.07, 6.45) is 1.25. The standard InChI is InChI=1S/C16H21N3.ClH/c1-12-3-5-14-9-13(4-6-16(14)18-12)10-19-8-7-15(11-19)17-2;/h3-6,9,15,17H,7-8,10-11H2,1-2H3;1H. The number of pyridine rings is 1. The van der Waals surface area contributed by atoms with Gasteiger partial charge in [-0.15, -0.1) is 12.4 Å². The van der Waals surface area contributed by atoms with Crippen molar-refractivity contribution in [2.75, 3.05) is 20.1 Å². The fourth-order valence-corrected chi connectivity index (χ4v) is 2.85. The highest BCUT2D eigenvalue weighted by Gasteiger charge is 2.20. The summed E-state index contributed by atoms with van der Waals surface area (Å²) in [5, 5.41) is 4.61. The van der Waals surface area contributed by atoms with E-state index in [4.69, 9.17) is 0 Å². The van der Waals surface area contributed by atoms with Gasteiger partial charge in [-0.2, -0.15) is 0 Å². The fraction of sp³-hybridized carbons (Fsp3) is 0.438. The summed E-state index contributed by atoms with van der Waals surface area (Å²) in [6.45, 7) is 5.42. The van der Waals surface area contributed by atoms with Crippen LogP contribution in [-0.2, 0) is 6.54 Å². The lowest BCUT2D eigenvalue weighted by Gasteiger charge is -2.16. The lowest BCUT2D eigenvalue weighted by atomic mass is 10.1. The van der Waals surface area contributed by atoms with Crippen molar-refractivity contribution >= 4 is 23.3 Å². The van der Waals surface area contributed by atoms with E-state index in [0.29, 0.717) is 6.04 Å². The molecule has 1 fully saturated rings. The average Bonchev–Trinajstić information content (AvgIpc) is 2.86. The monoisotopic (exact) mass is 291 g/mol. The smallest absolute Gasteiger partial charge is 0.0705 e. The summed E-state index contributed by atoms with van der Waals surface area (Å²) in [5.74, 6) is 0. The predicted octanol–water partition coefficient (Wildman–Crippen LogP) is 2.76. The molecule has 1 saturated heterocycles. The summed E-state index contributed by atoms with van der Waals surface area (Å²) < 4.78 is 0. The SMILES string of the molecule is CNC1CCN(Cc2ccc3nc(C)ccc3c2)C1.Cl. The van der Waals surface area contributed by atoms with Crippen molar-refractivity contribution < 1.29 is 0 Å². The van der Waals surface area contributed by atoms with Gasteiger partial charge in [0.05, 0.1) is 5.52 Å². The molecule has 2 aromatic rings. The van der Waals surface area contributed by atoms with Crippen molar-refractivity contribution in [1.82, 2.24) is 15.2 Å². The highest BCUT2D eigenvalue weighted by molar-refractivity contribution is 5.85. The number of likely N-dealkylation sites (N-methyl/N-ethyl adjacent to an activating group) is 1. The minimum atomic E-state index is 0. The Bertz CT molecular complexity index is 585. The number of aryl methyl sites for hydroxylation is 1. The van der Waals surface area contributed by atoms with Crippen LogP contribution in [0, 0.1) is 6.92 Å². The van der Waals surface area contributed by atoms with Crippen molar-refractivity contribution in [2.24, 2.45) is 0 Å². The Balaban J connectivity index is 0.00000147. The van der Waals surface area contributed by atoms with Crippen LogP contribution in [0.3, 0.4) is 0 Å². The number of nitrogens with zero attached hydrogens (tertiary/aromatic N) is 2. The van der Waals surface area contributed by atoms with E-state index in [2.05, 4.69) is 52.6 Å². The molecule has 1 atom stereocenters. The van der Waals surface area contributed by atoms with Gasteiger partial charge in [0.25, 0.3) is 0 Å². The van der Waals surface area contributed by atoms with E-state index >= 15 is 0 Å². The Morgan fingerprint density at radius 1 is 1.30 bits per heavy atom. The van der Waals surface area contributed by atoms with E-state index in [9.17, 15) is 0 Å². The summed E-state index contributed by atoms with van der Waals surface area (Å²) in [4.78, 5) is 7.07. The molecule has 0 radical (unpaired) electrons. The second-order valence-corrected chi connectivity index (χ2v) is 5.49. The lowest BCUT2D eigenvalue weighted by Crippen LogP contribution is -2.29. The number of halogens is 1. The van der Waals surface area contributed by atoms with E-state index in [1.54, 1.807) is 0 Å². The number of hydrogen-bond acceptors (Lipinski definition) is 3. The van der Waals surface area contributed by atoms with E-state index in [1.165, 1.54) is 23.9 Å². The first kappa shape index (κ1) is 15.2. The summed E-state index contributed by atoms with van der Waals surface area (Å²) in [5.41, 5.74) is 3.56. The topological polar surface area (TPSA) is 28.2 Å². The number of fused-ring (bicyclic) bond motifs is 1. The van der Waals surface area contributed by atoms with Gasteiger partial charge in [-0.05, 0) is 44.2 Å². The van der Waals surface area contributed by atoms with Crippen LogP contribution in [0.25, 0.3) is 10.9 Å². The molecule has 0 bridgehead atoms. The number of aromatic nitrogens is 1. The molecule has 1 aliphatic heterocycles. The van der Waals surface area contributed by atoms with Crippen LogP contribution >= 0.6 is 12.4 Å². The zero-order valence-corrected chi connectivity index (χ0v) is 12.9. The largest absolute Gasteiger partial charge is 0.316 e. The van der Waals surface area contributed by atoms with Crippen LogP contribution in [0.5, 0.6) is 0 Å². The molecule has 0 aliphatic carbocycles. The Labute approximate surface area is 126 Å². The summed E-state index contributed by atoms with van der Waals surface area (Å²) >= 11 is 0. The Hall–Kier alpha value is -1.16. The van der Waals surface area contributed by atoms with Crippen molar-refractivity contribution in [3.8, 4) is 0 Å². The predicted molar refractivity (Wildman–Crippen MR) is 86.5 cm³/mol. The van der Waals surface area contributed by atoms with Crippen LogP contribution in [0.15, 0.2) is 30.3 Å². The Morgan fingerprint density at radius 3 is 2.90 bits per heavy atom. The maximum atomic E-state index is 4.55. The van der Waals surface area contributed by atoms with Gasteiger partial charge in [0.15, 0.2) is 0 Å². The van der Waals surface area contributed by atoms with Crippen molar-refractivity contribution in [1.29, 1.82) is 0 Å². The van der Waals surface area contributed by atoms with Gasteiger partial charge in [-0.3, -0.25) is 9.88 Å². The van der Waals surface area contributed by atoms with Crippen LogP contribution in [-0.4, -0.2) is 36.1 Å². The van der Waals surface area contributed by atoms with E-state index in [-0.39, 0.29) is 12.4 Å². The molecule has 0 spiro atoms. The normalized spacial score (nSPS) is 19.2. The minimum Gasteiger partial charge on any atom is -0.316 e. The zero-order valence-electron chi connectivity index (χ0n) is 12.1. The molecule has 1 aromatic heterocycles. The Morgan fingerprint density at radius 2 is 2.15 bits per heavy atom. The van der Waals surface area contributed by atoms with Crippen LogP contribution in [0.2, 0.25) is 0 Å². The molecule has 1 unspecified atom stereocenters.